The summed E-state index contributed by atoms with van der Waals surface area (Å²) in [6, 6.07) is 25.5. The van der Waals surface area contributed by atoms with Crippen molar-refractivity contribution in [1.82, 2.24) is 0 Å². The summed E-state index contributed by atoms with van der Waals surface area (Å²) in [7, 11) is -3.99. The summed E-state index contributed by atoms with van der Waals surface area (Å²) >= 11 is 0. The number of hydrogen-bond acceptors (Lipinski definition) is 6. The van der Waals surface area contributed by atoms with E-state index in [1.165, 1.54) is 12.1 Å². The second-order valence-electron chi connectivity index (χ2n) is 7.45. The Morgan fingerprint density at radius 2 is 1.34 bits per heavy atom. The van der Waals surface area contributed by atoms with Gasteiger partial charge in [-0.2, -0.15) is 8.42 Å². The summed E-state index contributed by atoms with van der Waals surface area (Å²) in [4.78, 5) is 0.0392. The Morgan fingerprint density at radius 3 is 1.94 bits per heavy atom. The van der Waals surface area contributed by atoms with Gasteiger partial charge in [-0.25, -0.2) is 0 Å². The highest BCUT2D eigenvalue weighted by molar-refractivity contribution is 7.86. The van der Waals surface area contributed by atoms with Crippen LogP contribution in [-0.2, 0) is 37.0 Å². The van der Waals surface area contributed by atoms with E-state index in [0.717, 1.165) is 16.7 Å². The number of aliphatic hydroxyl groups is 1. The minimum absolute atomic E-state index is 0.0392. The van der Waals surface area contributed by atoms with E-state index in [9.17, 15) is 13.5 Å². The van der Waals surface area contributed by atoms with Crippen LogP contribution in [0.4, 0.5) is 0 Å². The van der Waals surface area contributed by atoms with Crippen LogP contribution in [0.3, 0.4) is 0 Å². The zero-order valence-electron chi connectivity index (χ0n) is 18.0. The summed E-state index contributed by atoms with van der Waals surface area (Å²) < 4.78 is 41.6. The lowest BCUT2D eigenvalue weighted by molar-refractivity contribution is -0.0985. The highest BCUT2D eigenvalue weighted by Gasteiger charge is 2.25. The summed E-state index contributed by atoms with van der Waals surface area (Å²) in [6.07, 6.45) is -1.97. The van der Waals surface area contributed by atoms with Gasteiger partial charge in [-0.15, -0.1) is 0 Å². The number of hydrogen-bond donors (Lipinski definition) is 1. The summed E-state index contributed by atoms with van der Waals surface area (Å²) in [6.45, 7) is 2.11. The van der Waals surface area contributed by atoms with Crippen LogP contribution in [0.2, 0.25) is 0 Å². The van der Waals surface area contributed by atoms with Crippen LogP contribution in [0.5, 0.6) is 0 Å². The SMILES string of the molecule is Cc1ccc(S(=O)(=O)OC[C@@H](O)C(COCc2ccccc2)OCc2ccccc2)cc1. The third kappa shape index (κ3) is 7.55. The van der Waals surface area contributed by atoms with Crippen molar-refractivity contribution in [1.29, 1.82) is 0 Å². The Labute approximate surface area is 189 Å². The lowest BCUT2D eigenvalue weighted by Gasteiger charge is -2.23. The monoisotopic (exact) mass is 456 g/mol. The van der Waals surface area contributed by atoms with Gasteiger partial charge in [-0.1, -0.05) is 78.4 Å². The summed E-state index contributed by atoms with van der Waals surface area (Å²) in [5.74, 6) is 0. The molecule has 0 aliphatic carbocycles. The maximum absolute atomic E-state index is 12.4. The molecular formula is C25H28O6S. The lowest BCUT2D eigenvalue weighted by Crippen LogP contribution is -2.37. The number of aryl methyl sites for hydroxylation is 1. The fourth-order valence-corrected chi connectivity index (χ4v) is 3.88. The molecule has 3 aromatic rings. The molecule has 0 aliphatic rings. The maximum atomic E-state index is 12.4. The van der Waals surface area contributed by atoms with E-state index in [-0.39, 0.29) is 18.1 Å². The molecule has 3 aromatic carbocycles. The Kier molecular flexibility index (Phi) is 8.96. The molecule has 3 rings (SSSR count). The highest BCUT2D eigenvalue weighted by Crippen LogP contribution is 2.15. The predicted octanol–water partition coefficient (Wildman–Crippen LogP) is 3.86. The largest absolute Gasteiger partial charge is 0.388 e. The first-order chi connectivity index (χ1) is 15.4. The van der Waals surface area contributed by atoms with Crippen LogP contribution in [-0.4, -0.2) is 38.9 Å². The van der Waals surface area contributed by atoms with E-state index in [4.69, 9.17) is 13.7 Å². The first kappa shape index (κ1) is 24.1. The lowest BCUT2D eigenvalue weighted by atomic mass is 10.2. The molecule has 0 fully saturated rings. The van der Waals surface area contributed by atoms with Crippen molar-refractivity contribution in [2.45, 2.75) is 37.2 Å². The second-order valence-corrected chi connectivity index (χ2v) is 9.07. The third-order valence-corrected chi connectivity index (χ3v) is 6.13. The van der Waals surface area contributed by atoms with Crippen molar-refractivity contribution >= 4 is 10.1 Å². The van der Waals surface area contributed by atoms with Crippen molar-refractivity contribution in [3.63, 3.8) is 0 Å². The molecule has 1 N–H and O–H groups in total. The molecule has 0 saturated carbocycles. The first-order valence-corrected chi connectivity index (χ1v) is 11.8. The minimum atomic E-state index is -3.99. The van der Waals surface area contributed by atoms with Gasteiger partial charge in [0.2, 0.25) is 0 Å². The minimum Gasteiger partial charge on any atom is -0.388 e. The number of rotatable bonds is 12. The molecule has 0 aliphatic heterocycles. The second kappa shape index (κ2) is 11.9. The van der Waals surface area contributed by atoms with E-state index in [0.29, 0.717) is 6.61 Å². The Bertz CT molecular complexity index is 1040. The van der Waals surface area contributed by atoms with Gasteiger partial charge in [0.25, 0.3) is 10.1 Å². The molecule has 0 heterocycles. The third-order valence-electron chi connectivity index (χ3n) is 4.83. The summed E-state index contributed by atoms with van der Waals surface area (Å²) in [5, 5.41) is 10.6. The van der Waals surface area contributed by atoms with Crippen LogP contribution < -0.4 is 0 Å². The fraction of sp³-hybridized carbons (Fsp3) is 0.280. The van der Waals surface area contributed by atoms with Gasteiger partial charge in [-0.3, -0.25) is 4.18 Å². The molecule has 0 amide bonds. The molecule has 2 atom stereocenters. The van der Waals surface area contributed by atoms with Crippen molar-refractivity contribution in [3.05, 3.63) is 102 Å². The topological polar surface area (TPSA) is 82.1 Å². The Hall–Kier alpha value is -2.55. The molecule has 0 saturated heterocycles. The molecule has 0 spiro atoms. The number of ether oxygens (including phenoxy) is 2. The standard InChI is InChI=1S/C25H28O6S/c1-20-12-14-23(15-13-20)32(27,28)31-18-24(26)25(30-17-22-10-6-3-7-11-22)19-29-16-21-8-4-2-5-9-21/h2-15,24-26H,16-19H2,1H3/t24-,25?/m1/s1. The number of aliphatic hydroxyl groups excluding tert-OH is 1. The quantitative estimate of drug-likeness (QED) is 0.417. The van der Waals surface area contributed by atoms with E-state index in [1.807, 2.05) is 67.6 Å². The van der Waals surface area contributed by atoms with Crippen molar-refractivity contribution in [2.24, 2.45) is 0 Å². The highest BCUT2D eigenvalue weighted by atomic mass is 32.2. The van der Waals surface area contributed by atoms with Gasteiger partial charge in [0.15, 0.2) is 0 Å². The smallest absolute Gasteiger partial charge is 0.297 e. The van der Waals surface area contributed by atoms with Gasteiger partial charge in [0, 0.05) is 0 Å². The van der Waals surface area contributed by atoms with E-state index in [1.54, 1.807) is 12.1 Å². The Morgan fingerprint density at radius 1 is 0.781 bits per heavy atom. The van der Waals surface area contributed by atoms with Gasteiger partial charge < -0.3 is 14.6 Å². The molecule has 0 radical (unpaired) electrons. The molecule has 32 heavy (non-hydrogen) atoms. The number of benzene rings is 3. The van der Waals surface area contributed by atoms with Gasteiger partial charge in [-0.05, 0) is 30.2 Å². The zero-order valence-corrected chi connectivity index (χ0v) is 18.8. The average molecular weight is 457 g/mol. The molecule has 170 valence electrons. The molecule has 6 nitrogen and oxygen atoms in total. The van der Waals surface area contributed by atoms with Crippen LogP contribution in [0.25, 0.3) is 0 Å². The van der Waals surface area contributed by atoms with E-state index in [2.05, 4.69) is 0 Å². The van der Waals surface area contributed by atoms with Crippen molar-refractivity contribution in [3.8, 4) is 0 Å². The molecule has 1 unspecified atom stereocenters. The van der Waals surface area contributed by atoms with E-state index >= 15 is 0 Å². The average Bonchev–Trinajstić information content (AvgIpc) is 2.81. The first-order valence-electron chi connectivity index (χ1n) is 10.4. The Balaban J connectivity index is 1.60. The molecule has 7 heteroatoms. The van der Waals surface area contributed by atoms with Crippen LogP contribution in [0, 0.1) is 6.92 Å². The zero-order chi connectivity index (χ0) is 22.8. The van der Waals surface area contributed by atoms with Crippen molar-refractivity contribution in [2.75, 3.05) is 13.2 Å². The van der Waals surface area contributed by atoms with Crippen LogP contribution in [0.1, 0.15) is 16.7 Å². The van der Waals surface area contributed by atoms with Gasteiger partial charge in [0.1, 0.15) is 12.2 Å². The van der Waals surface area contributed by atoms with Crippen LogP contribution >= 0.6 is 0 Å². The van der Waals surface area contributed by atoms with Crippen LogP contribution in [0.15, 0.2) is 89.8 Å². The normalized spacial score (nSPS) is 13.6. The molecule has 0 bridgehead atoms. The summed E-state index contributed by atoms with van der Waals surface area (Å²) in [5.41, 5.74) is 2.86. The molecule has 0 aromatic heterocycles. The van der Waals surface area contributed by atoms with Gasteiger partial charge in [0.05, 0.1) is 31.3 Å². The van der Waals surface area contributed by atoms with Crippen molar-refractivity contribution < 1.29 is 27.2 Å². The predicted molar refractivity (Wildman–Crippen MR) is 121 cm³/mol. The van der Waals surface area contributed by atoms with E-state index < -0.39 is 28.9 Å². The van der Waals surface area contributed by atoms with Gasteiger partial charge >= 0.3 is 0 Å². The fourth-order valence-electron chi connectivity index (χ4n) is 2.95. The molecular weight excluding hydrogens is 428 g/mol. The maximum Gasteiger partial charge on any atom is 0.297 e.